The van der Waals surface area contributed by atoms with E-state index in [4.69, 9.17) is 11.6 Å². The Morgan fingerprint density at radius 3 is 2.50 bits per heavy atom. The molecule has 1 aromatic heterocycles. The van der Waals surface area contributed by atoms with Gasteiger partial charge in [-0.2, -0.15) is 5.26 Å². The molecule has 0 aliphatic carbocycles. The molecular weight excluding hydrogens is 292 g/mol. The van der Waals surface area contributed by atoms with Gasteiger partial charge in [-0.3, -0.25) is 0 Å². The summed E-state index contributed by atoms with van der Waals surface area (Å²) in [5.41, 5.74) is 5.31. The largest absolute Gasteiger partial charge is 0.326 e. The molecule has 0 saturated heterocycles. The molecule has 0 atom stereocenters. The van der Waals surface area contributed by atoms with Gasteiger partial charge in [0.2, 0.25) is 0 Å². The van der Waals surface area contributed by atoms with Gasteiger partial charge in [-0.15, -0.1) is 0 Å². The molecule has 3 rings (SSSR count). The predicted octanol–water partition coefficient (Wildman–Crippen LogP) is 5.09. The molecule has 2 nitrogen and oxygen atoms in total. The molecule has 2 aromatic carbocycles. The molecule has 0 N–H and O–H groups in total. The minimum absolute atomic E-state index is 0.529. The van der Waals surface area contributed by atoms with Gasteiger partial charge in [-0.25, -0.2) is 0 Å². The number of aryl methyl sites for hydroxylation is 2. The van der Waals surface area contributed by atoms with Crippen molar-refractivity contribution in [1.82, 2.24) is 4.57 Å². The monoisotopic (exact) mass is 308 g/mol. The second-order valence-corrected chi connectivity index (χ2v) is 5.82. The van der Waals surface area contributed by atoms with Gasteiger partial charge < -0.3 is 4.57 Å². The number of aromatic nitrogens is 1. The number of halogens is 1. The molecule has 110 valence electrons. The lowest BCUT2D eigenvalue weighted by molar-refractivity contribution is 0.825. The second kappa shape index (κ2) is 5.87. The maximum atomic E-state index is 9.47. The number of nitrogens with zero attached hydrogens (tertiary/aromatic N) is 2. The summed E-state index contributed by atoms with van der Waals surface area (Å²) in [4.78, 5) is 0. The summed E-state index contributed by atoms with van der Waals surface area (Å²) in [6.45, 7) is 4.90. The van der Waals surface area contributed by atoms with Crippen molar-refractivity contribution in [3.05, 3.63) is 69.9 Å². The van der Waals surface area contributed by atoms with E-state index in [2.05, 4.69) is 42.7 Å². The van der Waals surface area contributed by atoms with Crippen LogP contribution in [0.1, 0.15) is 29.2 Å². The van der Waals surface area contributed by atoms with Crippen molar-refractivity contribution in [2.75, 3.05) is 0 Å². The Morgan fingerprint density at radius 1 is 1.09 bits per heavy atom. The average Bonchev–Trinajstić information content (AvgIpc) is 2.81. The number of fused-ring (bicyclic) bond motifs is 1. The molecule has 0 radical (unpaired) electrons. The van der Waals surface area contributed by atoms with Crippen LogP contribution in [0.4, 0.5) is 0 Å². The summed E-state index contributed by atoms with van der Waals surface area (Å²) in [6, 6.07) is 16.6. The Kier molecular flexibility index (Phi) is 3.92. The Morgan fingerprint density at radius 2 is 1.82 bits per heavy atom. The third kappa shape index (κ3) is 2.28. The van der Waals surface area contributed by atoms with Crippen LogP contribution >= 0.6 is 11.6 Å². The lowest BCUT2D eigenvalue weighted by atomic mass is 10.1. The van der Waals surface area contributed by atoms with Crippen LogP contribution in [0.15, 0.2) is 42.5 Å². The summed E-state index contributed by atoms with van der Waals surface area (Å²) < 4.78 is 2.07. The van der Waals surface area contributed by atoms with Crippen molar-refractivity contribution in [2.45, 2.75) is 26.8 Å². The normalized spacial score (nSPS) is 10.8. The first-order chi connectivity index (χ1) is 10.7. The molecule has 1 heterocycles. The van der Waals surface area contributed by atoms with E-state index in [-0.39, 0.29) is 0 Å². The number of benzene rings is 2. The number of nitriles is 1. The molecule has 0 aliphatic heterocycles. The Labute approximate surface area is 135 Å². The quantitative estimate of drug-likeness (QED) is 0.663. The molecular formula is C19H17ClN2. The van der Waals surface area contributed by atoms with Gasteiger partial charge >= 0.3 is 0 Å². The average molecular weight is 309 g/mol. The Balaban J connectivity index is 2.27. The molecule has 0 saturated carbocycles. The van der Waals surface area contributed by atoms with E-state index in [0.717, 1.165) is 17.3 Å². The van der Waals surface area contributed by atoms with Gasteiger partial charge in [0, 0.05) is 11.9 Å². The van der Waals surface area contributed by atoms with Crippen molar-refractivity contribution in [3.8, 4) is 6.07 Å². The molecule has 0 fully saturated rings. The van der Waals surface area contributed by atoms with Gasteiger partial charge in [0.1, 0.15) is 11.2 Å². The fourth-order valence-corrected chi connectivity index (χ4v) is 3.24. The molecule has 3 aromatic rings. The number of para-hydroxylation sites is 1. The van der Waals surface area contributed by atoms with Crippen LogP contribution in [0.25, 0.3) is 10.9 Å². The summed E-state index contributed by atoms with van der Waals surface area (Å²) in [5, 5.41) is 10.9. The van der Waals surface area contributed by atoms with Crippen LogP contribution < -0.4 is 0 Å². The topological polar surface area (TPSA) is 28.7 Å². The molecule has 3 heteroatoms. The van der Waals surface area contributed by atoms with Crippen molar-refractivity contribution in [3.63, 3.8) is 0 Å². The van der Waals surface area contributed by atoms with Gasteiger partial charge in [0.05, 0.1) is 11.1 Å². The molecule has 0 aliphatic rings. The molecule has 0 unspecified atom stereocenters. The van der Waals surface area contributed by atoms with E-state index in [1.165, 1.54) is 16.7 Å². The second-order valence-electron chi connectivity index (χ2n) is 5.46. The first-order valence-electron chi connectivity index (χ1n) is 7.41. The molecule has 0 bridgehead atoms. The van der Waals surface area contributed by atoms with Gasteiger partial charge in [0.25, 0.3) is 0 Å². The summed E-state index contributed by atoms with van der Waals surface area (Å²) in [7, 11) is 0. The van der Waals surface area contributed by atoms with Crippen molar-refractivity contribution < 1.29 is 0 Å². The van der Waals surface area contributed by atoms with E-state index in [0.29, 0.717) is 17.3 Å². The van der Waals surface area contributed by atoms with Crippen LogP contribution in [-0.2, 0) is 13.0 Å². The lowest BCUT2D eigenvalue weighted by Gasteiger charge is -2.12. The highest BCUT2D eigenvalue weighted by Crippen LogP contribution is 2.33. The van der Waals surface area contributed by atoms with Gasteiger partial charge in [-0.1, -0.05) is 61.0 Å². The van der Waals surface area contributed by atoms with Crippen LogP contribution in [0.2, 0.25) is 5.15 Å². The van der Waals surface area contributed by atoms with Gasteiger partial charge in [0.15, 0.2) is 0 Å². The minimum Gasteiger partial charge on any atom is -0.326 e. The van der Waals surface area contributed by atoms with Gasteiger partial charge in [-0.05, 0) is 30.0 Å². The fourth-order valence-electron chi connectivity index (χ4n) is 2.95. The first kappa shape index (κ1) is 14.7. The zero-order chi connectivity index (χ0) is 15.7. The summed E-state index contributed by atoms with van der Waals surface area (Å²) in [5.74, 6) is 0. The number of hydrogen-bond donors (Lipinski definition) is 0. The molecule has 22 heavy (non-hydrogen) atoms. The third-order valence-corrected chi connectivity index (χ3v) is 4.58. The SMILES string of the molecule is CCc1cccc2c(C#N)c(Cl)n(Cc3ccccc3C)c12. The molecule has 0 spiro atoms. The minimum atomic E-state index is 0.529. The zero-order valence-corrected chi connectivity index (χ0v) is 13.5. The van der Waals surface area contributed by atoms with Crippen LogP contribution in [-0.4, -0.2) is 4.57 Å². The smallest absolute Gasteiger partial charge is 0.128 e. The van der Waals surface area contributed by atoms with Crippen molar-refractivity contribution in [2.24, 2.45) is 0 Å². The fraction of sp³-hybridized carbons (Fsp3) is 0.211. The van der Waals surface area contributed by atoms with Crippen LogP contribution in [0.3, 0.4) is 0 Å². The standard InChI is InChI=1S/C19H17ClN2/c1-3-14-9-6-10-16-17(11-21)19(20)22(18(14)16)12-15-8-5-4-7-13(15)2/h4-10H,3,12H2,1-2H3. The lowest BCUT2D eigenvalue weighted by Crippen LogP contribution is -2.03. The zero-order valence-electron chi connectivity index (χ0n) is 12.7. The Bertz CT molecular complexity index is 884. The van der Waals surface area contributed by atoms with Crippen LogP contribution in [0.5, 0.6) is 0 Å². The van der Waals surface area contributed by atoms with E-state index in [1.807, 2.05) is 24.3 Å². The van der Waals surface area contributed by atoms with Crippen LogP contribution in [0, 0.1) is 18.3 Å². The first-order valence-corrected chi connectivity index (χ1v) is 7.79. The summed E-state index contributed by atoms with van der Waals surface area (Å²) in [6.07, 6.45) is 0.913. The highest BCUT2D eigenvalue weighted by atomic mass is 35.5. The number of hydrogen-bond acceptors (Lipinski definition) is 1. The number of rotatable bonds is 3. The van der Waals surface area contributed by atoms with E-state index in [1.54, 1.807) is 0 Å². The van der Waals surface area contributed by atoms with E-state index in [9.17, 15) is 5.26 Å². The Hall–Kier alpha value is -2.24. The molecule has 0 amide bonds. The van der Waals surface area contributed by atoms with Crippen molar-refractivity contribution in [1.29, 1.82) is 5.26 Å². The maximum Gasteiger partial charge on any atom is 0.128 e. The highest BCUT2D eigenvalue weighted by Gasteiger charge is 2.18. The summed E-state index contributed by atoms with van der Waals surface area (Å²) >= 11 is 6.52. The van der Waals surface area contributed by atoms with Crippen molar-refractivity contribution >= 4 is 22.5 Å². The predicted molar refractivity (Wildman–Crippen MR) is 91.3 cm³/mol. The van der Waals surface area contributed by atoms with E-state index >= 15 is 0 Å². The maximum absolute atomic E-state index is 9.47. The third-order valence-electron chi connectivity index (χ3n) is 4.18. The highest BCUT2D eigenvalue weighted by molar-refractivity contribution is 6.32. The van der Waals surface area contributed by atoms with E-state index < -0.39 is 0 Å².